The molecule has 108 valence electrons. The minimum atomic E-state index is -0.243. The fourth-order valence-corrected chi connectivity index (χ4v) is 2.89. The Kier molecular flexibility index (Phi) is 5.15. The first-order valence-corrected chi connectivity index (χ1v) is 7.16. The number of likely N-dealkylation sites (N-methyl/N-ethyl adjacent to an activating group) is 1. The maximum Gasteiger partial charge on any atom is 0.238 e. The molecule has 6 heteroatoms. The van der Waals surface area contributed by atoms with Gasteiger partial charge in [-0.3, -0.25) is 14.5 Å². The van der Waals surface area contributed by atoms with Gasteiger partial charge in [-0.25, -0.2) is 0 Å². The highest BCUT2D eigenvalue weighted by atomic mass is 16.2. The van der Waals surface area contributed by atoms with Crippen molar-refractivity contribution >= 4 is 11.8 Å². The van der Waals surface area contributed by atoms with Gasteiger partial charge in [0.05, 0.1) is 6.54 Å². The lowest BCUT2D eigenvalue weighted by Crippen LogP contribution is -2.59. The van der Waals surface area contributed by atoms with Gasteiger partial charge in [0.2, 0.25) is 11.8 Å². The summed E-state index contributed by atoms with van der Waals surface area (Å²) in [7, 11) is 1.63. The third-order valence-electron chi connectivity index (χ3n) is 3.97. The fourth-order valence-electron chi connectivity index (χ4n) is 2.89. The molecule has 0 radical (unpaired) electrons. The van der Waals surface area contributed by atoms with Crippen molar-refractivity contribution in [3.05, 3.63) is 0 Å². The van der Waals surface area contributed by atoms with Crippen molar-refractivity contribution in [2.24, 2.45) is 0 Å². The van der Waals surface area contributed by atoms with Crippen LogP contribution >= 0.6 is 0 Å². The molecule has 2 amide bonds. The second kappa shape index (κ2) is 6.86. The Morgan fingerprint density at radius 2 is 2.05 bits per heavy atom. The zero-order chi connectivity index (χ0) is 13.7. The summed E-state index contributed by atoms with van der Waals surface area (Å²) in [5, 5.41) is 8.92. The van der Waals surface area contributed by atoms with Gasteiger partial charge >= 0.3 is 0 Å². The molecule has 0 bridgehead atoms. The summed E-state index contributed by atoms with van der Waals surface area (Å²) in [6.45, 7) is 2.48. The Hall–Kier alpha value is -1.14. The Bertz CT molecular complexity index is 329. The summed E-state index contributed by atoms with van der Waals surface area (Å²) in [5.74, 6) is 0.0172. The third kappa shape index (κ3) is 3.91. The van der Waals surface area contributed by atoms with Crippen molar-refractivity contribution in [1.82, 2.24) is 20.9 Å². The van der Waals surface area contributed by atoms with E-state index >= 15 is 0 Å². The minimum Gasteiger partial charge on any atom is -0.358 e. The third-order valence-corrected chi connectivity index (χ3v) is 3.97. The molecule has 0 aromatic carbocycles. The first kappa shape index (κ1) is 14.3. The SMILES string of the molecule is CNC(=O)C1CNCCN1CC(=O)NC1CCCC1. The molecule has 1 aliphatic heterocycles. The number of nitrogens with zero attached hydrogens (tertiary/aromatic N) is 1. The van der Waals surface area contributed by atoms with Crippen LogP contribution in [0.1, 0.15) is 25.7 Å². The highest BCUT2D eigenvalue weighted by Gasteiger charge is 2.29. The van der Waals surface area contributed by atoms with Crippen molar-refractivity contribution < 1.29 is 9.59 Å². The summed E-state index contributed by atoms with van der Waals surface area (Å²) in [5.41, 5.74) is 0. The number of carbonyl (C=O) groups excluding carboxylic acids is 2. The van der Waals surface area contributed by atoms with Gasteiger partial charge in [-0.15, -0.1) is 0 Å². The standard InChI is InChI=1S/C13H24N4O2/c1-14-13(19)11-8-15-6-7-17(11)9-12(18)16-10-4-2-3-5-10/h10-11,15H,2-9H2,1H3,(H,14,19)(H,16,18). The lowest BCUT2D eigenvalue weighted by atomic mass is 10.1. The fraction of sp³-hybridized carbons (Fsp3) is 0.846. The molecule has 3 N–H and O–H groups in total. The average molecular weight is 268 g/mol. The Labute approximate surface area is 114 Å². The molecule has 0 aromatic rings. The quantitative estimate of drug-likeness (QED) is 0.615. The molecule has 1 aliphatic carbocycles. The average Bonchev–Trinajstić information content (AvgIpc) is 2.91. The van der Waals surface area contributed by atoms with Crippen molar-refractivity contribution in [3.63, 3.8) is 0 Å². The van der Waals surface area contributed by atoms with Crippen LogP contribution in [0.25, 0.3) is 0 Å². The molecule has 1 heterocycles. The van der Waals surface area contributed by atoms with Crippen LogP contribution in [0.15, 0.2) is 0 Å². The van der Waals surface area contributed by atoms with Crippen molar-refractivity contribution in [1.29, 1.82) is 0 Å². The van der Waals surface area contributed by atoms with Crippen molar-refractivity contribution in [2.75, 3.05) is 33.2 Å². The molecule has 0 spiro atoms. The van der Waals surface area contributed by atoms with E-state index in [1.807, 2.05) is 4.90 Å². The van der Waals surface area contributed by atoms with E-state index in [-0.39, 0.29) is 17.9 Å². The highest BCUT2D eigenvalue weighted by Crippen LogP contribution is 2.17. The zero-order valence-electron chi connectivity index (χ0n) is 11.6. The molecule has 0 aromatic heterocycles. The Morgan fingerprint density at radius 3 is 2.74 bits per heavy atom. The number of hydrogen-bond acceptors (Lipinski definition) is 4. The van der Waals surface area contributed by atoms with E-state index < -0.39 is 0 Å². The van der Waals surface area contributed by atoms with E-state index in [0.29, 0.717) is 19.1 Å². The maximum absolute atomic E-state index is 12.0. The molecule has 2 rings (SSSR count). The highest BCUT2D eigenvalue weighted by molar-refractivity contribution is 5.84. The molecular formula is C13H24N4O2. The van der Waals surface area contributed by atoms with E-state index in [4.69, 9.17) is 0 Å². The second-order valence-electron chi connectivity index (χ2n) is 5.35. The van der Waals surface area contributed by atoms with Crippen molar-refractivity contribution in [3.8, 4) is 0 Å². The molecule has 1 saturated heterocycles. The smallest absolute Gasteiger partial charge is 0.238 e. The van der Waals surface area contributed by atoms with Gasteiger partial charge in [-0.05, 0) is 12.8 Å². The lowest BCUT2D eigenvalue weighted by Gasteiger charge is -2.34. The molecule has 2 fully saturated rings. The predicted octanol–water partition coefficient (Wildman–Crippen LogP) is -0.935. The topological polar surface area (TPSA) is 73.5 Å². The number of amides is 2. The number of piperazine rings is 1. The molecule has 1 saturated carbocycles. The molecule has 1 atom stereocenters. The summed E-state index contributed by atoms with van der Waals surface area (Å²) in [4.78, 5) is 25.8. The van der Waals surface area contributed by atoms with Crippen LogP contribution in [-0.4, -0.2) is 62.0 Å². The van der Waals surface area contributed by atoms with Crippen LogP contribution in [0.3, 0.4) is 0 Å². The van der Waals surface area contributed by atoms with Crippen LogP contribution in [0.4, 0.5) is 0 Å². The Morgan fingerprint density at radius 1 is 1.32 bits per heavy atom. The molecule has 19 heavy (non-hydrogen) atoms. The second-order valence-corrected chi connectivity index (χ2v) is 5.35. The number of carbonyl (C=O) groups is 2. The number of rotatable bonds is 4. The summed E-state index contributed by atoms with van der Waals surface area (Å²) < 4.78 is 0. The van der Waals surface area contributed by atoms with Crippen LogP contribution in [0, 0.1) is 0 Å². The van der Waals surface area contributed by atoms with E-state index in [0.717, 1.165) is 25.9 Å². The van der Waals surface area contributed by atoms with Gasteiger partial charge in [0.15, 0.2) is 0 Å². The minimum absolute atomic E-state index is 0.0270. The van der Waals surface area contributed by atoms with Gasteiger partial charge in [-0.2, -0.15) is 0 Å². The van der Waals surface area contributed by atoms with Crippen molar-refractivity contribution in [2.45, 2.75) is 37.8 Å². The first-order valence-electron chi connectivity index (χ1n) is 7.16. The van der Waals surface area contributed by atoms with E-state index in [2.05, 4.69) is 16.0 Å². The van der Waals surface area contributed by atoms with Crippen LogP contribution in [-0.2, 0) is 9.59 Å². The van der Waals surface area contributed by atoms with E-state index in [1.165, 1.54) is 12.8 Å². The summed E-state index contributed by atoms with van der Waals surface area (Å²) >= 11 is 0. The van der Waals surface area contributed by atoms with Crippen LogP contribution < -0.4 is 16.0 Å². The molecular weight excluding hydrogens is 244 g/mol. The van der Waals surface area contributed by atoms with Gasteiger partial charge in [-0.1, -0.05) is 12.8 Å². The maximum atomic E-state index is 12.0. The van der Waals surface area contributed by atoms with E-state index in [9.17, 15) is 9.59 Å². The van der Waals surface area contributed by atoms with Gasteiger partial charge < -0.3 is 16.0 Å². The predicted molar refractivity (Wildman–Crippen MR) is 72.7 cm³/mol. The molecule has 1 unspecified atom stereocenters. The van der Waals surface area contributed by atoms with Crippen LogP contribution in [0.5, 0.6) is 0 Å². The van der Waals surface area contributed by atoms with Gasteiger partial charge in [0, 0.05) is 32.7 Å². The zero-order valence-corrected chi connectivity index (χ0v) is 11.6. The van der Waals surface area contributed by atoms with Crippen LogP contribution in [0.2, 0.25) is 0 Å². The largest absolute Gasteiger partial charge is 0.358 e. The summed E-state index contributed by atoms with van der Waals surface area (Å²) in [6.07, 6.45) is 4.59. The van der Waals surface area contributed by atoms with Gasteiger partial charge in [0.25, 0.3) is 0 Å². The van der Waals surface area contributed by atoms with Gasteiger partial charge in [0.1, 0.15) is 6.04 Å². The lowest BCUT2D eigenvalue weighted by molar-refractivity contribution is -0.129. The van der Waals surface area contributed by atoms with E-state index in [1.54, 1.807) is 7.05 Å². The summed E-state index contributed by atoms with van der Waals surface area (Å²) in [6, 6.07) is 0.0990. The molecule has 6 nitrogen and oxygen atoms in total. The Balaban J connectivity index is 1.84. The molecule has 2 aliphatic rings. The normalized spacial score (nSPS) is 25.2. The number of nitrogens with one attached hydrogen (secondary N) is 3. The number of hydrogen-bond donors (Lipinski definition) is 3. The monoisotopic (exact) mass is 268 g/mol. The first-order chi connectivity index (χ1) is 9.20.